The van der Waals surface area contributed by atoms with Gasteiger partial charge in [-0.1, -0.05) is 17.7 Å². The maximum absolute atomic E-state index is 6.73. The molecule has 8 aromatic rings. The number of nitrogens with zero attached hydrogens (tertiary/aromatic N) is 2. The zero-order chi connectivity index (χ0) is 35.8. The van der Waals surface area contributed by atoms with Crippen LogP contribution in [-0.4, -0.2) is 24.9 Å². The van der Waals surface area contributed by atoms with E-state index in [0.29, 0.717) is 0 Å². The molecule has 0 radical (unpaired) electrons. The summed E-state index contributed by atoms with van der Waals surface area (Å²) >= 11 is 1.97. The van der Waals surface area contributed by atoms with E-state index < -0.39 is 0 Å². The molecule has 1 aliphatic heterocycles. The second kappa shape index (κ2) is 12.6. The summed E-state index contributed by atoms with van der Waals surface area (Å²) < 4.78 is 10.7. The second-order valence-electron chi connectivity index (χ2n) is 14.3. The summed E-state index contributed by atoms with van der Waals surface area (Å²) in [6, 6.07) is 33.2. The van der Waals surface area contributed by atoms with E-state index in [-0.39, 0.29) is 15.0 Å². The Kier molecular flexibility index (Phi) is 7.93. The van der Waals surface area contributed by atoms with Gasteiger partial charge in [-0.25, -0.2) is 0 Å². The standard InChI is InChI=1S/C47H38N2OSSe/c1-25-17-29(5)41(30(6)18-25)45-31(7)37-13-15-48-43(46(37)51-45)32-19-26(2)21-34(23-32)50-35-22-27(3)20-33(24-35)44-47-39(14-16-49-44)38-12-11-28(4)36-9-8-10-40(52-47)42(36)38/h8-24H,1-7H3. The quantitative estimate of drug-likeness (QED) is 0.164. The van der Waals surface area contributed by atoms with Crippen LogP contribution in [0, 0.1) is 48.5 Å². The molecule has 3 nitrogen and oxygen atoms in total. The van der Waals surface area contributed by atoms with Gasteiger partial charge in [0.05, 0.1) is 0 Å². The summed E-state index contributed by atoms with van der Waals surface area (Å²) in [6.07, 6.45) is 3.91. The van der Waals surface area contributed by atoms with Crippen molar-refractivity contribution in [1.82, 2.24) is 9.97 Å². The Bertz CT molecular complexity index is 2750. The van der Waals surface area contributed by atoms with Crippen LogP contribution in [0.2, 0.25) is 0 Å². The topological polar surface area (TPSA) is 35.0 Å². The van der Waals surface area contributed by atoms with Crippen molar-refractivity contribution in [2.75, 3.05) is 0 Å². The molecular weight excluding hydrogens is 720 g/mol. The average Bonchev–Trinajstić information content (AvgIpc) is 3.43. The van der Waals surface area contributed by atoms with Gasteiger partial charge in [0.1, 0.15) is 0 Å². The molecule has 5 aromatic carbocycles. The van der Waals surface area contributed by atoms with E-state index in [9.17, 15) is 0 Å². The summed E-state index contributed by atoms with van der Waals surface area (Å²) in [5, 5.41) is 4.00. The summed E-state index contributed by atoms with van der Waals surface area (Å²) in [5.41, 5.74) is 16.9. The van der Waals surface area contributed by atoms with E-state index in [1.807, 2.05) is 23.7 Å². The van der Waals surface area contributed by atoms with Gasteiger partial charge in [0.25, 0.3) is 0 Å². The first kappa shape index (κ1) is 32.8. The molecule has 0 amide bonds. The molecule has 0 unspecified atom stereocenters. The van der Waals surface area contributed by atoms with Crippen LogP contribution in [0.15, 0.2) is 103 Å². The summed E-state index contributed by atoms with van der Waals surface area (Å²) in [7, 11) is 0. The molecular formula is C47H38N2OSSe. The number of pyridine rings is 2. The van der Waals surface area contributed by atoms with Gasteiger partial charge in [-0.3, -0.25) is 0 Å². The van der Waals surface area contributed by atoms with Crippen molar-refractivity contribution in [2.45, 2.75) is 48.5 Å². The average molecular weight is 758 g/mol. The molecule has 0 saturated carbocycles. The SMILES string of the molecule is Cc1cc(Oc2cc(C)cc(-c3nccc4c(C)c(-c5c(C)cc(C)cc5C)sc34)c2)cc(-c2nccc3c2[Se]c2cccc4c(C)ccc-3c24)c1. The normalized spacial score (nSPS) is 12.1. The molecule has 0 bridgehead atoms. The first-order valence-corrected chi connectivity index (χ1v) is 20.2. The molecule has 0 aliphatic carbocycles. The fraction of sp³-hybridized carbons (Fsp3) is 0.149. The van der Waals surface area contributed by atoms with Gasteiger partial charge in [0.15, 0.2) is 0 Å². The number of ether oxygens (including phenoxy) is 1. The number of aryl methyl sites for hydroxylation is 7. The number of aromatic nitrogens is 2. The van der Waals surface area contributed by atoms with Crippen molar-refractivity contribution in [3.63, 3.8) is 0 Å². The number of hydrogen-bond donors (Lipinski definition) is 0. The number of hydrogen-bond acceptors (Lipinski definition) is 4. The van der Waals surface area contributed by atoms with Crippen molar-refractivity contribution < 1.29 is 4.74 Å². The van der Waals surface area contributed by atoms with Gasteiger partial charge in [-0.2, -0.15) is 0 Å². The molecule has 9 rings (SSSR count). The second-order valence-corrected chi connectivity index (χ2v) is 17.5. The molecule has 3 aromatic heterocycles. The maximum atomic E-state index is 6.73. The third-order valence-electron chi connectivity index (χ3n) is 10.3. The van der Waals surface area contributed by atoms with E-state index in [0.717, 1.165) is 45.1 Å². The van der Waals surface area contributed by atoms with Gasteiger partial charge >= 0.3 is 239 Å². The Morgan fingerprint density at radius 2 is 1.23 bits per heavy atom. The zero-order valence-corrected chi connectivity index (χ0v) is 33.0. The number of benzene rings is 5. The first-order chi connectivity index (χ1) is 25.1. The Balaban J connectivity index is 1.10. The number of rotatable bonds is 5. The van der Waals surface area contributed by atoms with Crippen molar-refractivity contribution in [2.24, 2.45) is 0 Å². The Labute approximate surface area is 315 Å². The van der Waals surface area contributed by atoms with Crippen LogP contribution >= 0.6 is 11.3 Å². The van der Waals surface area contributed by atoms with Crippen LogP contribution in [0.4, 0.5) is 0 Å². The molecule has 1 aliphatic rings. The predicted molar refractivity (Wildman–Crippen MR) is 221 cm³/mol. The molecule has 254 valence electrons. The van der Waals surface area contributed by atoms with Crippen molar-refractivity contribution in [3.8, 4) is 55.6 Å². The molecule has 4 heterocycles. The molecule has 0 saturated heterocycles. The van der Waals surface area contributed by atoms with Crippen molar-refractivity contribution >= 4 is 56.1 Å². The third-order valence-corrected chi connectivity index (χ3v) is 14.1. The molecule has 0 spiro atoms. The van der Waals surface area contributed by atoms with Crippen LogP contribution in [0.25, 0.3) is 64.9 Å². The van der Waals surface area contributed by atoms with Gasteiger partial charge in [-0.15, -0.1) is 0 Å². The van der Waals surface area contributed by atoms with E-state index in [4.69, 9.17) is 14.7 Å². The fourth-order valence-electron chi connectivity index (χ4n) is 8.06. The predicted octanol–water partition coefficient (Wildman–Crippen LogP) is 11.4. The molecule has 0 N–H and O–H groups in total. The van der Waals surface area contributed by atoms with Gasteiger partial charge in [0, 0.05) is 4.88 Å². The van der Waals surface area contributed by atoms with Crippen LogP contribution < -0.4 is 13.7 Å². The van der Waals surface area contributed by atoms with Gasteiger partial charge in [-0.05, 0) is 56.0 Å². The van der Waals surface area contributed by atoms with E-state index in [1.165, 1.54) is 79.2 Å². The summed E-state index contributed by atoms with van der Waals surface area (Å²) in [6.45, 7) is 15.3. The van der Waals surface area contributed by atoms with E-state index in [2.05, 4.69) is 139 Å². The fourth-order valence-corrected chi connectivity index (χ4v) is 12.2. The van der Waals surface area contributed by atoms with Crippen LogP contribution in [-0.2, 0) is 0 Å². The van der Waals surface area contributed by atoms with E-state index >= 15 is 0 Å². The Morgan fingerprint density at radius 1 is 0.577 bits per heavy atom. The van der Waals surface area contributed by atoms with Crippen LogP contribution in [0.3, 0.4) is 0 Å². The molecule has 0 fully saturated rings. The monoisotopic (exact) mass is 758 g/mol. The first-order valence-electron chi connectivity index (χ1n) is 17.7. The summed E-state index contributed by atoms with van der Waals surface area (Å²) in [4.78, 5) is 11.3. The Morgan fingerprint density at radius 3 is 1.96 bits per heavy atom. The third kappa shape index (κ3) is 5.47. The van der Waals surface area contributed by atoms with Crippen molar-refractivity contribution in [3.05, 3.63) is 142 Å². The van der Waals surface area contributed by atoms with Crippen LogP contribution in [0.1, 0.15) is 38.9 Å². The van der Waals surface area contributed by atoms with E-state index in [1.54, 1.807) is 0 Å². The minimum absolute atomic E-state index is 0.125. The van der Waals surface area contributed by atoms with Gasteiger partial charge < -0.3 is 0 Å². The summed E-state index contributed by atoms with van der Waals surface area (Å²) in [5.74, 6) is 1.60. The Hall–Kier alpha value is -5.06. The number of thiophene rings is 1. The van der Waals surface area contributed by atoms with Gasteiger partial charge in [0.2, 0.25) is 0 Å². The zero-order valence-electron chi connectivity index (χ0n) is 30.4. The molecule has 5 heteroatoms. The van der Waals surface area contributed by atoms with Crippen molar-refractivity contribution in [1.29, 1.82) is 0 Å². The molecule has 52 heavy (non-hydrogen) atoms. The molecule has 0 atom stereocenters. The minimum atomic E-state index is 0.125. The number of fused-ring (bicyclic) bond motifs is 3. The van der Waals surface area contributed by atoms with Crippen LogP contribution in [0.5, 0.6) is 11.5 Å².